The zero-order valence-corrected chi connectivity index (χ0v) is 16.3. The maximum atomic E-state index is 12.6. The van der Waals surface area contributed by atoms with Gasteiger partial charge in [0.05, 0.1) is 12.5 Å². The molecule has 5 nitrogen and oxygen atoms in total. The summed E-state index contributed by atoms with van der Waals surface area (Å²) in [7, 11) is 1.85. The first kappa shape index (κ1) is 18.0. The Hall–Kier alpha value is -2.34. The molecule has 3 heterocycles. The van der Waals surface area contributed by atoms with Gasteiger partial charge < -0.3 is 15.0 Å². The normalized spacial score (nSPS) is 24.9. The van der Waals surface area contributed by atoms with Crippen LogP contribution in [0.1, 0.15) is 42.9 Å². The van der Waals surface area contributed by atoms with E-state index in [9.17, 15) is 9.59 Å². The summed E-state index contributed by atoms with van der Waals surface area (Å²) in [6.45, 7) is 0.677. The number of rotatable bonds is 3. The lowest BCUT2D eigenvalue weighted by Gasteiger charge is -2.42. The number of amides is 2. The number of carbonyl (C=O) groups excluding carboxylic acids is 2. The van der Waals surface area contributed by atoms with Crippen molar-refractivity contribution in [2.75, 3.05) is 13.6 Å². The number of benzene rings is 1. The van der Waals surface area contributed by atoms with Gasteiger partial charge in [0, 0.05) is 38.4 Å². The number of nitrogens with one attached hydrogen (secondary N) is 1. The van der Waals surface area contributed by atoms with E-state index in [1.165, 1.54) is 0 Å². The summed E-state index contributed by atoms with van der Waals surface area (Å²) < 4.78 is 6.43. The van der Waals surface area contributed by atoms with E-state index in [1.807, 2.05) is 48.1 Å². The van der Waals surface area contributed by atoms with Crippen LogP contribution >= 0.6 is 11.3 Å². The van der Waals surface area contributed by atoms with E-state index >= 15 is 0 Å². The summed E-state index contributed by atoms with van der Waals surface area (Å²) in [5, 5.41) is 7.21. The summed E-state index contributed by atoms with van der Waals surface area (Å²) in [6.07, 6.45) is 3.02. The lowest BCUT2D eigenvalue weighted by atomic mass is 9.82. The van der Waals surface area contributed by atoms with Gasteiger partial charge in [0.25, 0.3) is 0 Å². The van der Waals surface area contributed by atoms with Gasteiger partial charge in [-0.05, 0) is 34.9 Å². The Bertz CT molecular complexity index is 836. The van der Waals surface area contributed by atoms with E-state index in [0.29, 0.717) is 32.2 Å². The first-order valence-corrected chi connectivity index (χ1v) is 10.3. The van der Waals surface area contributed by atoms with Crippen molar-refractivity contribution in [3.63, 3.8) is 0 Å². The van der Waals surface area contributed by atoms with Gasteiger partial charge in [-0.15, -0.1) is 0 Å². The minimum atomic E-state index is -0.408. The summed E-state index contributed by atoms with van der Waals surface area (Å²) in [6, 6.07) is 9.80. The van der Waals surface area contributed by atoms with E-state index in [0.717, 1.165) is 23.3 Å². The van der Waals surface area contributed by atoms with Gasteiger partial charge in [-0.1, -0.05) is 18.2 Å². The number of ether oxygens (including phenoxy) is 1. The van der Waals surface area contributed by atoms with Crippen molar-refractivity contribution in [3.05, 3.63) is 52.2 Å². The van der Waals surface area contributed by atoms with Crippen molar-refractivity contribution >= 4 is 23.2 Å². The van der Waals surface area contributed by atoms with E-state index in [1.54, 1.807) is 16.2 Å². The number of likely N-dealkylation sites (tertiary alicyclic amines) is 1. The molecule has 142 valence electrons. The Balaban J connectivity index is 1.56. The maximum Gasteiger partial charge on any atom is 0.224 e. The highest BCUT2D eigenvalue weighted by molar-refractivity contribution is 7.08. The smallest absolute Gasteiger partial charge is 0.224 e. The molecule has 0 saturated carbocycles. The second-order valence-corrected chi connectivity index (χ2v) is 8.30. The zero-order valence-electron chi connectivity index (χ0n) is 15.4. The van der Waals surface area contributed by atoms with E-state index in [2.05, 4.69) is 5.32 Å². The molecule has 2 aromatic rings. The third kappa shape index (κ3) is 3.86. The molecule has 2 amide bonds. The van der Waals surface area contributed by atoms with Crippen molar-refractivity contribution in [3.8, 4) is 5.75 Å². The number of carbonyl (C=O) groups is 2. The van der Waals surface area contributed by atoms with Crippen LogP contribution in [0.3, 0.4) is 0 Å². The third-order valence-corrected chi connectivity index (χ3v) is 6.33. The number of hydrogen-bond acceptors (Lipinski definition) is 4. The predicted octanol–water partition coefficient (Wildman–Crippen LogP) is 3.31. The Morgan fingerprint density at radius 1 is 1.33 bits per heavy atom. The predicted molar refractivity (Wildman–Crippen MR) is 105 cm³/mol. The molecule has 2 atom stereocenters. The average molecular weight is 385 g/mol. The van der Waals surface area contributed by atoms with Gasteiger partial charge in [-0.2, -0.15) is 11.3 Å². The molecule has 1 saturated heterocycles. The van der Waals surface area contributed by atoms with Crippen LogP contribution < -0.4 is 10.1 Å². The Kier molecular flexibility index (Phi) is 4.91. The molecule has 1 spiro atoms. The molecule has 4 rings (SSSR count). The van der Waals surface area contributed by atoms with Gasteiger partial charge in [-0.25, -0.2) is 0 Å². The van der Waals surface area contributed by atoms with Gasteiger partial charge in [0.15, 0.2) is 0 Å². The Morgan fingerprint density at radius 2 is 2.19 bits per heavy atom. The summed E-state index contributed by atoms with van der Waals surface area (Å²) in [4.78, 5) is 26.5. The molecule has 1 N–H and O–H groups in total. The fourth-order valence-electron chi connectivity index (χ4n) is 4.02. The topological polar surface area (TPSA) is 58.6 Å². The van der Waals surface area contributed by atoms with Crippen LogP contribution in [-0.4, -0.2) is 35.9 Å². The molecule has 0 aliphatic carbocycles. The van der Waals surface area contributed by atoms with Crippen LogP contribution in [0.2, 0.25) is 0 Å². The highest BCUT2D eigenvalue weighted by Crippen LogP contribution is 2.44. The summed E-state index contributed by atoms with van der Waals surface area (Å²) in [5.41, 5.74) is 1.65. The molecule has 6 heteroatoms. The molecule has 27 heavy (non-hydrogen) atoms. The van der Waals surface area contributed by atoms with E-state index < -0.39 is 5.60 Å². The number of nitrogens with zero attached hydrogens (tertiary/aromatic N) is 1. The molecule has 1 fully saturated rings. The van der Waals surface area contributed by atoms with Crippen LogP contribution in [0.25, 0.3) is 0 Å². The van der Waals surface area contributed by atoms with Crippen LogP contribution in [0.4, 0.5) is 0 Å². The minimum absolute atomic E-state index is 0.0204. The van der Waals surface area contributed by atoms with E-state index in [4.69, 9.17) is 4.74 Å². The van der Waals surface area contributed by atoms with Crippen molar-refractivity contribution in [1.82, 2.24) is 10.2 Å². The molecule has 1 aromatic heterocycles. The molecular weight excluding hydrogens is 360 g/mol. The molecule has 2 aliphatic rings. The Morgan fingerprint density at radius 3 is 3.00 bits per heavy atom. The molecule has 2 aliphatic heterocycles. The van der Waals surface area contributed by atoms with Crippen molar-refractivity contribution < 1.29 is 14.3 Å². The number of para-hydroxylation sites is 1. The standard InChI is InChI=1S/C21H24N2O3S/c1-23-10-9-21(8-6-20(23)25)13-17(16-4-2-3-5-18(16)26-21)22-19(24)12-15-7-11-27-14-15/h2-5,7,11,14,17H,6,8-10,12-13H2,1H3,(H,22,24)/t17-,21-/m1/s1. The molecule has 0 bridgehead atoms. The van der Waals surface area contributed by atoms with Crippen molar-refractivity contribution in [1.29, 1.82) is 0 Å². The number of hydrogen-bond donors (Lipinski definition) is 1. The van der Waals surface area contributed by atoms with Crippen LogP contribution in [0.5, 0.6) is 5.75 Å². The van der Waals surface area contributed by atoms with E-state index in [-0.39, 0.29) is 17.9 Å². The van der Waals surface area contributed by atoms with Crippen LogP contribution in [0.15, 0.2) is 41.1 Å². The zero-order chi connectivity index (χ0) is 18.9. The second-order valence-electron chi connectivity index (χ2n) is 7.52. The molecule has 1 aromatic carbocycles. The van der Waals surface area contributed by atoms with Gasteiger partial charge >= 0.3 is 0 Å². The second kappa shape index (κ2) is 7.35. The third-order valence-electron chi connectivity index (χ3n) is 5.60. The van der Waals surface area contributed by atoms with Crippen molar-refractivity contribution in [2.24, 2.45) is 0 Å². The van der Waals surface area contributed by atoms with Gasteiger partial charge in [0.2, 0.25) is 11.8 Å². The summed E-state index contributed by atoms with van der Waals surface area (Å²) >= 11 is 1.60. The monoisotopic (exact) mass is 384 g/mol. The first-order chi connectivity index (χ1) is 13.0. The minimum Gasteiger partial charge on any atom is -0.487 e. The van der Waals surface area contributed by atoms with Crippen LogP contribution in [-0.2, 0) is 16.0 Å². The average Bonchev–Trinajstić information content (AvgIpc) is 3.12. The lowest BCUT2D eigenvalue weighted by molar-refractivity contribution is -0.129. The molecule has 0 radical (unpaired) electrons. The quantitative estimate of drug-likeness (QED) is 0.883. The number of thiophene rings is 1. The Labute approximate surface area is 163 Å². The highest BCUT2D eigenvalue weighted by Gasteiger charge is 2.43. The molecular formula is C21H24N2O3S. The summed E-state index contributed by atoms with van der Waals surface area (Å²) in [5.74, 6) is 1.00. The van der Waals surface area contributed by atoms with Gasteiger partial charge in [0.1, 0.15) is 11.4 Å². The molecule has 0 unspecified atom stereocenters. The first-order valence-electron chi connectivity index (χ1n) is 9.37. The van der Waals surface area contributed by atoms with Gasteiger partial charge in [-0.3, -0.25) is 9.59 Å². The highest BCUT2D eigenvalue weighted by atomic mass is 32.1. The fourth-order valence-corrected chi connectivity index (χ4v) is 4.69. The lowest BCUT2D eigenvalue weighted by Crippen LogP contribution is -2.46. The van der Waals surface area contributed by atoms with Crippen LogP contribution in [0, 0.1) is 0 Å². The largest absolute Gasteiger partial charge is 0.487 e. The maximum absolute atomic E-state index is 12.6. The fraction of sp³-hybridized carbons (Fsp3) is 0.429. The number of fused-ring (bicyclic) bond motifs is 1. The SMILES string of the molecule is CN1CC[C@]2(CCC1=O)C[C@@H](NC(=O)Cc1ccsc1)c1ccccc1O2. The van der Waals surface area contributed by atoms with Crippen molar-refractivity contribution in [2.45, 2.75) is 43.7 Å².